The number of carboxylic acids is 1. The molecule has 1 saturated heterocycles. The van der Waals surface area contributed by atoms with Gasteiger partial charge in [-0.2, -0.15) is 0 Å². The zero-order valence-corrected chi connectivity index (χ0v) is 9.55. The van der Waals surface area contributed by atoms with E-state index in [1.54, 1.807) is 0 Å². The second-order valence-electron chi connectivity index (χ2n) is 4.34. The van der Waals surface area contributed by atoms with Crippen LogP contribution in [-0.4, -0.2) is 40.0 Å². The number of ketones is 1. The molecule has 1 aromatic rings. The van der Waals surface area contributed by atoms with Crippen molar-refractivity contribution in [2.45, 2.75) is 19.9 Å². The summed E-state index contributed by atoms with van der Waals surface area (Å²) in [6.07, 6.45) is 0.543. The van der Waals surface area contributed by atoms with Gasteiger partial charge in [0.05, 0.1) is 6.54 Å². The number of likely N-dealkylation sites (tertiary alicyclic amines) is 1. The maximum Gasteiger partial charge on any atom is 0.358 e. The molecule has 0 aliphatic carbocycles. The minimum atomic E-state index is -1.10. The van der Waals surface area contributed by atoms with E-state index < -0.39 is 5.97 Å². The van der Waals surface area contributed by atoms with Gasteiger partial charge in [-0.1, -0.05) is 12.1 Å². The largest absolute Gasteiger partial charge is 0.476 e. The van der Waals surface area contributed by atoms with Crippen LogP contribution in [0.5, 0.6) is 0 Å². The fourth-order valence-corrected chi connectivity index (χ4v) is 1.95. The van der Waals surface area contributed by atoms with Crippen molar-refractivity contribution in [3.05, 3.63) is 17.5 Å². The van der Waals surface area contributed by atoms with Crippen LogP contribution in [0.1, 0.15) is 29.6 Å². The van der Waals surface area contributed by atoms with Gasteiger partial charge in [0.25, 0.3) is 0 Å². The summed E-state index contributed by atoms with van der Waals surface area (Å²) in [5.41, 5.74) is -0.0823. The van der Waals surface area contributed by atoms with Crippen molar-refractivity contribution in [2.24, 2.45) is 5.92 Å². The lowest BCUT2D eigenvalue weighted by Crippen LogP contribution is -2.38. The summed E-state index contributed by atoms with van der Waals surface area (Å²) in [7, 11) is 0. The first-order valence-electron chi connectivity index (χ1n) is 5.50. The van der Waals surface area contributed by atoms with E-state index in [4.69, 9.17) is 9.63 Å². The van der Waals surface area contributed by atoms with Crippen molar-refractivity contribution >= 4 is 11.8 Å². The van der Waals surface area contributed by atoms with Gasteiger partial charge in [0, 0.05) is 31.5 Å². The summed E-state index contributed by atoms with van der Waals surface area (Å²) in [5, 5.41) is 12.1. The van der Waals surface area contributed by atoms with Gasteiger partial charge in [-0.05, 0) is 0 Å². The van der Waals surface area contributed by atoms with E-state index in [0.29, 0.717) is 31.8 Å². The maximum atomic E-state index is 11.3. The average molecular weight is 238 g/mol. The Kier molecular flexibility index (Phi) is 3.23. The number of hydrogen-bond donors (Lipinski definition) is 1. The van der Waals surface area contributed by atoms with Crippen LogP contribution in [0.25, 0.3) is 0 Å². The molecule has 0 radical (unpaired) electrons. The van der Waals surface area contributed by atoms with Gasteiger partial charge in [0.2, 0.25) is 0 Å². The van der Waals surface area contributed by atoms with Crippen molar-refractivity contribution < 1.29 is 19.2 Å². The molecule has 92 valence electrons. The number of aromatic nitrogens is 1. The van der Waals surface area contributed by atoms with Gasteiger partial charge in [0.1, 0.15) is 5.78 Å². The van der Waals surface area contributed by atoms with Crippen LogP contribution in [0.15, 0.2) is 10.6 Å². The molecule has 1 N–H and O–H groups in total. The van der Waals surface area contributed by atoms with Crippen LogP contribution in [-0.2, 0) is 11.3 Å². The Balaban J connectivity index is 1.96. The molecule has 0 aromatic carbocycles. The fourth-order valence-electron chi connectivity index (χ4n) is 1.95. The van der Waals surface area contributed by atoms with E-state index >= 15 is 0 Å². The topological polar surface area (TPSA) is 83.6 Å². The lowest BCUT2D eigenvalue weighted by atomic mass is 9.98. The highest BCUT2D eigenvalue weighted by Gasteiger charge is 2.24. The predicted molar refractivity (Wildman–Crippen MR) is 57.5 cm³/mol. The number of aromatic carboxylic acids is 1. The number of piperidine rings is 1. The molecule has 1 aromatic heterocycles. The second kappa shape index (κ2) is 4.67. The quantitative estimate of drug-likeness (QED) is 0.837. The lowest BCUT2D eigenvalue weighted by Gasteiger charge is -2.28. The van der Waals surface area contributed by atoms with Crippen LogP contribution in [0, 0.1) is 5.92 Å². The van der Waals surface area contributed by atoms with Crippen molar-refractivity contribution in [3.63, 3.8) is 0 Å². The molecule has 17 heavy (non-hydrogen) atoms. The van der Waals surface area contributed by atoms with Crippen LogP contribution in [0.2, 0.25) is 0 Å². The monoisotopic (exact) mass is 238 g/mol. The summed E-state index contributed by atoms with van der Waals surface area (Å²) in [4.78, 5) is 24.0. The Morgan fingerprint density at radius 1 is 1.71 bits per heavy atom. The van der Waals surface area contributed by atoms with Crippen molar-refractivity contribution in [2.75, 3.05) is 13.1 Å². The lowest BCUT2D eigenvalue weighted by molar-refractivity contribution is -0.125. The molecule has 1 unspecified atom stereocenters. The first-order valence-corrected chi connectivity index (χ1v) is 5.50. The minimum Gasteiger partial charge on any atom is -0.476 e. The van der Waals surface area contributed by atoms with Gasteiger partial charge in [0.15, 0.2) is 11.5 Å². The minimum absolute atomic E-state index is 0.0330. The van der Waals surface area contributed by atoms with E-state index in [1.807, 2.05) is 6.92 Å². The number of hydrogen-bond acceptors (Lipinski definition) is 5. The average Bonchev–Trinajstić information content (AvgIpc) is 2.72. The molecule has 6 nitrogen and oxygen atoms in total. The predicted octanol–water partition coefficient (Wildman–Crippen LogP) is 0.784. The summed E-state index contributed by atoms with van der Waals surface area (Å²) >= 11 is 0. The number of carboxylic acid groups (broad SMARTS) is 1. The molecule has 1 atom stereocenters. The number of nitrogens with zero attached hydrogens (tertiary/aromatic N) is 2. The molecule has 1 aliphatic rings. The SMILES string of the molecule is CC1CN(Cc2cc(C(=O)O)no2)CCC1=O. The zero-order chi connectivity index (χ0) is 12.4. The van der Waals surface area contributed by atoms with E-state index in [2.05, 4.69) is 10.1 Å². The first-order chi connectivity index (χ1) is 8.06. The van der Waals surface area contributed by atoms with Gasteiger partial charge >= 0.3 is 5.97 Å². The summed E-state index contributed by atoms with van der Waals surface area (Å²) in [5.74, 6) is -0.262. The van der Waals surface area contributed by atoms with E-state index in [1.165, 1.54) is 6.07 Å². The Morgan fingerprint density at radius 2 is 2.47 bits per heavy atom. The van der Waals surface area contributed by atoms with E-state index in [9.17, 15) is 9.59 Å². The van der Waals surface area contributed by atoms with Crippen LogP contribution in [0.3, 0.4) is 0 Å². The van der Waals surface area contributed by atoms with Gasteiger partial charge in [-0.3, -0.25) is 9.69 Å². The number of Topliss-reactive ketones (excluding diaryl/α,β-unsaturated/α-hetero) is 1. The highest BCUT2D eigenvalue weighted by Crippen LogP contribution is 2.15. The van der Waals surface area contributed by atoms with Gasteiger partial charge in [-0.25, -0.2) is 4.79 Å². The van der Waals surface area contributed by atoms with Crippen molar-refractivity contribution in [3.8, 4) is 0 Å². The van der Waals surface area contributed by atoms with Crippen LogP contribution in [0.4, 0.5) is 0 Å². The van der Waals surface area contributed by atoms with E-state index in [0.717, 1.165) is 0 Å². The molecule has 6 heteroatoms. The zero-order valence-electron chi connectivity index (χ0n) is 9.55. The normalized spacial score (nSPS) is 21.7. The summed E-state index contributed by atoms with van der Waals surface area (Å²) in [6, 6.07) is 1.42. The molecule has 0 saturated carbocycles. The van der Waals surface area contributed by atoms with Crippen LogP contribution < -0.4 is 0 Å². The molecule has 2 rings (SSSR count). The molecular weight excluding hydrogens is 224 g/mol. The molecular formula is C11H14N2O4. The molecule has 2 heterocycles. The summed E-state index contributed by atoms with van der Waals surface area (Å²) in [6.45, 7) is 3.77. The number of rotatable bonds is 3. The highest BCUT2D eigenvalue weighted by atomic mass is 16.5. The third kappa shape index (κ3) is 2.71. The molecule has 0 amide bonds. The molecule has 0 bridgehead atoms. The van der Waals surface area contributed by atoms with E-state index in [-0.39, 0.29) is 17.4 Å². The Bertz CT molecular complexity index is 440. The van der Waals surface area contributed by atoms with Gasteiger partial charge < -0.3 is 9.63 Å². The smallest absolute Gasteiger partial charge is 0.358 e. The molecule has 1 fully saturated rings. The Hall–Kier alpha value is -1.69. The second-order valence-corrected chi connectivity index (χ2v) is 4.34. The van der Waals surface area contributed by atoms with Crippen molar-refractivity contribution in [1.82, 2.24) is 10.1 Å². The Morgan fingerprint density at radius 3 is 3.06 bits per heavy atom. The fraction of sp³-hybridized carbons (Fsp3) is 0.545. The third-order valence-corrected chi connectivity index (χ3v) is 2.91. The third-order valence-electron chi connectivity index (χ3n) is 2.91. The molecule has 1 aliphatic heterocycles. The number of carbonyl (C=O) groups excluding carboxylic acids is 1. The van der Waals surface area contributed by atoms with Crippen LogP contribution >= 0.6 is 0 Å². The standard InChI is InChI=1S/C11H14N2O4/c1-7-5-13(3-2-10(7)14)6-8-4-9(11(15)16)12-17-8/h4,7H,2-3,5-6H2,1H3,(H,15,16). The first kappa shape index (κ1) is 11.8. The highest BCUT2D eigenvalue weighted by molar-refractivity contribution is 5.85. The number of carbonyl (C=O) groups is 2. The van der Waals surface area contributed by atoms with Crippen molar-refractivity contribution in [1.29, 1.82) is 0 Å². The Labute approximate surface area is 98.2 Å². The van der Waals surface area contributed by atoms with Gasteiger partial charge in [-0.15, -0.1) is 0 Å². The molecule has 0 spiro atoms. The maximum absolute atomic E-state index is 11.3. The summed E-state index contributed by atoms with van der Waals surface area (Å²) < 4.78 is 4.93.